The predicted molar refractivity (Wildman–Crippen MR) is 165 cm³/mol. The van der Waals surface area contributed by atoms with E-state index in [1.807, 2.05) is 44.2 Å². The van der Waals surface area contributed by atoms with Gasteiger partial charge in [-0.25, -0.2) is 8.42 Å². The quantitative estimate of drug-likeness (QED) is 0.254. The van der Waals surface area contributed by atoms with Gasteiger partial charge >= 0.3 is 0 Å². The Morgan fingerprint density at radius 2 is 1.65 bits per heavy atom. The Kier molecular flexibility index (Phi) is 11.5. The Morgan fingerprint density at radius 3 is 2.25 bits per heavy atom. The third-order valence-corrected chi connectivity index (χ3v) is 8.76. The van der Waals surface area contributed by atoms with Crippen molar-refractivity contribution in [2.75, 3.05) is 17.1 Å². The van der Waals surface area contributed by atoms with E-state index in [9.17, 15) is 18.0 Å². The number of hydrogen-bond acceptors (Lipinski definition) is 4. The maximum absolute atomic E-state index is 14.1. The average molecular weight is 669 g/mol. The molecule has 1 N–H and O–H groups in total. The normalized spacial score (nSPS) is 12.8. The summed E-state index contributed by atoms with van der Waals surface area (Å²) in [6, 6.07) is 20.0. The molecule has 0 aromatic heterocycles. The first-order chi connectivity index (χ1) is 18.9. The fourth-order valence-corrected chi connectivity index (χ4v) is 5.62. The van der Waals surface area contributed by atoms with E-state index in [2.05, 4.69) is 21.2 Å². The predicted octanol–water partition coefficient (Wildman–Crippen LogP) is 6.08. The smallest absolute Gasteiger partial charge is 0.244 e. The van der Waals surface area contributed by atoms with Crippen LogP contribution in [0.15, 0.2) is 77.3 Å². The summed E-state index contributed by atoms with van der Waals surface area (Å²) in [5.41, 5.74) is 1.82. The number of anilines is 1. The molecule has 0 aliphatic heterocycles. The van der Waals surface area contributed by atoms with Gasteiger partial charge in [-0.15, -0.1) is 0 Å². The molecule has 0 fully saturated rings. The Hall–Kier alpha value is -2.59. The maximum Gasteiger partial charge on any atom is 0.244 e. The van der Waals surface area contributed by atoms with E-state index in [0.29, 0.717) is 32.2 Å². The van der Waals surface area contributed by atoms with Crippen molar-refractivity contribution in [1.82, 2.24) is 10.2 Å². The van der Waals surface area contributed by atoms with Gasteiger partial charge in [-0.3, -0.25) is 13.9 Å². The first kappa shape index (κ1) is 31.9. The SMILES string of the molecule is CCC(C)NC(=O)C(Cc1ccccc1)N(Cc1ccc(Cl)c(Cl)c1)C(=O)CN(c1cccc(Br)c1)S(C)(=O)=O. The van der Waals surface area contributed by atoms with Gasteiger partial charge in [0.2, 0.25) is 21.8 Å². The molecule has 0 spiro atoms. The monoisotopic (exact) mass is 667 g/mol. The van der Waals surface area contributed by atoms with Gasteiger partial charge in [0.15, 0.2) is 0 Å². The first-order valence-corrected chi connectivity index (χ1v) is 16.1. The van der Waals surface area contributed by atoms with Crippen LogP contribution in [-0.4, -0.2) is 50.0 Å². The molecule has 0 saturated carbocycles. The zero-order valence-electron chi connectivity index (χ0n) is 22.5. The van der Waals surface area contributed by atoms with Crippen LogP contribution < -0.4 is 9.62 Å². The zero-order chi connectivity index (χ0) is 29.4. The molecule has 0 bridgehead atoms. The summed E-state index contributed by atoms with van der Waals surface area (Å²) in [6.07, 6.45) is 1.97. The number of halogens is 3. The third-order valence-electron chi connectivity index (χ3n) is 6.38. The molecule has 214 valence electrons. The Balaban J connectivity index is 2.08. The standard InChI is InChI=1S/C29H32BrCl2N3O4S/c1-4-20(2)33-29(37)27(16-21-9-6-5-7-10-21)34(18-22-13-14-25(31)26(32)15-22)28(36)19-35(40(3,38)39)24-12-8-11-23(30)17-24/h5-15,17,20,27H,4,16,18-19H2,1-3H3,(H,33,37). The van der Waals surface area contributed by atoms with Crippen LogP contribution in [0.2, 0.25) is 10.0 Å². The van der Waals surface area contributed by atoms with Crippen molar-refractivity contribution in [3.8, 4) is 0 Å². The van der Waals surface area contributed by atoms with Crippen molar-refractivity contribution in [2.45, 2.75) is 45.3 Å². The Labute approximate surface area is 254 Å². The van der Waals surface area contributed by atoms with Crippen molar-refractivity contribution in [3.63, 3.8) is 0 Å². The number of nitrogens with one attached hydrogen (secondary N) is 1. The van der Waals surface area contributed by atoms with E-state index in [1.165, 1.54) is 4.90 Å². The van der Waals surface area contributed by atoms with E-state index in [0.717, 1.165) is 16.1 Å². The summed E-state index contributed by atoms with van der Waals surface area (Å²) in [5.74, 6) is -0.878. The summed E-state index contributed by atoms with van der Waals surface area (Å²) in [4.78, 5) is 29.2. The van der Waals surface area contributed by atoms with Crippen LogP contribution >= 0.6 is 39.1 Å². The van der Waals surface area contributed by atoms with Crippen molar-refractivity contribution in [2.24, 2.45) is 0 Å². The van der Waals surface area contributed by atoms with Crippen LogP contribution in [0.1, 0.15) is 31.4 Å². The van der Waals surface area contributed by atoms with Gasteiger partial charge in [-0.1, -0.05) is 88.5 Å². The van der Waals surface area contributed by atoms with Crippen LogP contribution in [0, 0.1) is 0 Å². The molecule has 3 rings (SSSR count). The van der Waals surface area contributed by atoms with E-state index in [4.69, 9.17) is 23.2 Å². The van der Waals surface area contributed by atoms with Gasteiger partial charge in [0.25, 0.3) is 0 Å². The lowest BCUT2D eigenvalue weighted by atomic mass is 10.0. The summed E-state index contributed by atoms with van der Waals surface area (Å²) in [6.45, 7) is 3.36. The minimum absolute atomic E-state index is 0.0111. The van der Waals surface area contributed by atoms with Gasteiger partial charge in [0, 0.05) is 23.5 Å². The van der Waals surface area contributed by atoms with E-state index in [1.54, 1.807) is 42.5 Å². The van der Waals surface area contributed by atoms with Crippen LogP contribution in [0.4, 0.5) is 5.69 Å². The van der Waals surface area contributed by atoms with Gasteiger partial charge in [-0.2, -0.15) is 0 Å². The topological polar surface area (TPSA) is 86.8 Å². The summed E-state index contributed by atoms with van der Waals surface area (Å²) < 4.78 is 27.4. The second kappa shape index (κ2) is 14.3. The lowest BCUT2D eigenvalue weighted by Crippen LogP contribution is -2.54. The molecular formula is C29H32BrCl2N3O4S. The highest BCUT2D eigenvalue weighted by molar-refractivity contribution is 9.10. The second-order valence-electron chi connectivity index (χ2n) is 9.54. The molecule has 3 aromatic rings. The first-order valence-electron chi connectivity index (χ1n) is 12.7. The molecule has 40 heavy (non-hydrogen) atoms. The molecule has 0 saturated heterocycles. The lowest BCUT2D eigenvalue weighted by molar-refractivity contribution is -0.140. The van der Waals surface area contributed by atoms with E-state index >= 15 is 0 Å². The molecule has 0 heterocycles. The Morgan fingerprint density at radius 1 is 0.950 bits per heavy atom. The highest BCUT2D eigenvalue weighted by Gasteiger charge is 2.33. The molecule has 0 radical (unpaired) electrons. The van der Waals surface area contributed by atoms with Crippen LogP contribution in [-0.2, 0) is 32.6 Å². The zero-order valence-corrected chi connectivity index (χ0v) is 26.4. The minimum atomic E-state index is -3.85. The molecule has 2 atom stereocenters. The van der Waals surface area contributed by atoms with Gasteiger partial charge < -0.3 is 10.2 Å². The molecule has 7 nitrogen and oxygen atoms in total. The Bertz CT molecular complexity index is 1440. The fourth-order valence-electron chi connectivity index (χ4n) is 4.07. The number of nitrogens with zero attached hydrogens (tertiary/aromatic N) is 2. The summed E-state index contributed by atoms with van der Waals surface area (Å²) in [7, 11) is -3.85. The summed E-state index contributed by atoms with van der Waals surface area (Å²) >= 11 is 15.8. The fraction of sp³-hybridized carbons (Fsp3) is 0.310. The number of hydrogen-bond donors (Lipinski definition) is 1. The maximum atomic E-state index is 14.1. The number of carbonyl (C=O) groups excluding carboxylic acids is 2. The molecule has 3 aromatic carbocycles. The molecule has 2 unspecified atom stereocenters. The molecule has 11 heteroatoms. The number of benzene rings is 3. The minimum Gasteiger partial charge on any atom is -0.352 e. The lowest BCUT2D eigenvalue weighted by Gasteiger charge is -2.34. The largest absolute Gasteiger partial charge is 0.352 e. The van der Waals surface area contributed by atoms with Crippen LogP contribution in [0.5, 0.6) is 0 Å². The second-order valence-corrected chi connectivity index (χ2v) is 13.2. The van der Waals surface area contributed by atoms with Crippen molar-refractivity contribution < 1.29 is 18.0 Å². The molecule has 2 amide bonds. The number of carbonyl (C=O) groups is 2. The van der Waals surface area contributed by atoms with Crippen LogP contribution in [0.3, 0.4) is 0 Å². The number of rotatable bonds is 12. The summed E-state index contributed by atoms with van der Waals surface area (Å²) in [5, 5.41) is 3.66. The average Bonchev–Trinajstić information content (AvgIpc) is 2.90. The highest BCUT2D eigenvalue weighted by atomic mass is 79.9. The molecule has 0 aliphatic rings. The van der Waals surface area contributed by atoms with Crippen molar-refractivity contribution in [1.29, 1.82) is 0 Å². The molecular weight excluding hydrogens is 637 g/mol. The van der Waals surface area contributed by atoms with Crippen molar-refractivity contribution >= 4 is 66.7 Å². The van der Waals surface area contributed by atoms with Crippen LogP contribution in [0.25, 0.3) is 0 Å². The van der Waals surface area contributed by atoms with E-state index in [-0.39, 0.29) is 24.9 Å². The van der Waals surface area contributed by atoms with Crippen molar-refractivity contribution in [3.05, 3.63) is 98.4 Å². The highest BCUT2D eigenvalue weighted by Crippen LogP contribution is 2.26. The van der Waals surface area contributed by atoms with E-state index < -0.39 is 28.5 Å². The van der Waals surface area contributed by atoms with Gasteiger partial charge in [-0.05, 0) is 54.8 Å². The number of sulfonamides is 1. The van der Waals surface area contributed by atoms with Gasteiger partial charge in [0.05, 0.1) is 22.0 Å². The third kappa shape index (κ3) is 8.96. The van der Waals surface area contributed by atoms with Gasteiger partial charge in [0.1, 0.15) is 12.6 Å². The number of amides is 2. The molecule has 0 aliphatic carbocycles.